The van der Waals surface area contributed by atoms with Crippen LogP contribution in [-0.2, 0) is 11.3 Å². The maximum atomic E-state index is 12.0. The van der Waals surface area contributed by atoms with Gasteiger partial charge in [0.15, 0.2) is 0 Å². The SMILES string of the molecule is CC(C)(C)N1CCCN(CC(=O)NCc2ccco2)CC1. The zero-order valence-corrected chi connectivity index (χ0v) is 13.4. The second-order valence-electron chi connectivity index (χ2n) is 6.64. The van der Waals surface area contributed by atoms with Gasteiger partial charge in [-0.25, -0.2) is 0 Å². The zero-order chi connectivity index (χ0) is 15.3. The molecule has 0 saturated carbocycles. The van der Waals surface area contributed by atoms with Gasteiger partial charge >= 0.3 is 0 Å². The van der Waals surface area contributed by atoms with Crippen molar-refractivity contribution in [1.82, 2.24) is 15.1 Å². The van der Waals surface area contributed by atoms with Crippen molar-refractivity contribution < 1.29 is 9.21 Å². The van der Waals surface area contributed by atoms with E-state index in [-0.39, 0.29) is 11.4 Å². The minimum Gasteiger partial charge on any atom is -0.467 e. The summed E-state index contributed by atoms with van der Waals surface area (Å²) in [4.78, 5) is 16.7. The number of amides is 1. The molecule has 0 bridgehead atoms. The standard InChI is InChI=1S/C16H27N3O2/c1-16(2,3)19-8-5-7-18(9-10-19)13-15(20)17-12-14-6-4-11-21-14/h4,6,11H,5,7-10,12-13H2,1-3H3,(H,17,20). The molecule has 118 valence electrons. The third-order valence-electron chi connectivity index (χ3n) is 3.94. The number of furan rings is 1. The lowest BCUT2D eigenvalue weighted by molar-refractivity contribution is -0.122. The Bertz CT molecular complexity index is 437. The fraction of sp³-hybridized carbons (Fsp3) is 0.688. The second kappa shape index (κ2) is 7.09. The Kier molecular flexibility index (Phi) is 5.42. The molecule has 1 aromatic heterocycles. The number of rotatable bonds is 4. The molecule has 2 heterocycles. The van der Waals surface area contributed by atoms with Gasteiger partial charge < -0.3 is 9.73 Å². The van der Waals surface area contributed by atoms with Gasteiger partial charge in [0.2, 0.25) is 5.91 Å². The van der Waals surface area contributed by atoms with E-state index in [0.29, 0.717) is 13.1 Å². The predicted molar refractivity (Wildman–Crippen MR) is 82.9 cm³/mol. The summed E-state index contributed by atoms with van der Waals surface area (Å²) < 4.78 is 5.21. The largest absolute Gasteiger partial charge is 0.467 e. The van der Waals surface area contributed by atoms with Crippen LogP contribution in [0.5, 0.6) is 0 Å². The summed E-state index contributed by atoms with van der Waals surface area (Å²) in [6.07, 6.45) is 2.74. The Balaban J connectivity index is 1.74. The van der Waals surface area contributed by atoms with Gasteiger partial charge in [0.1, 0.15) is 5.76 Å². The summed E-state index contributed by atoms with van der Waals surface area (Å²) in [6, 6.07) is 3.70. The van der Waals surface area contributed by atoms with Crippen molar-refractivity contribution in [3.63, 3.8) is 0 Å². The monoisotopic (exact) mass is 293 g/mol. The lowest BCUT2D eigenvalue weighted by Crippen LogP contribution is -2.44. The molecule has 1 aliphatic rings. The lowest BCUT2D eigenvalue weighted by atomic mass is 10.1. The molecule has 5 heteroatoms. The van der Waals surface area contributed by atoms with Crippen LogP contribution in [0.15, 0.2) is 22.8 Å². The van der Waals surface area contributed by atoms with Gasteiger partial charge in [-0.05, 0) is 52.4 Å². The second-order valence-corrected chi connectivity index (χ2v) is 6.64. The third-order valence-corrected chi connectivity index (χ3v) is 3.94. The highest BCUT2D eigenvalue weighted by molar-refractivity contribution is 5.77. The zero-order valence-electron chi connectivity index (χ0n) is 13.4. The fourth-order valence-corrected chi connectivity index (χ4v) is 2.66. The Hall–Kier alpha value is -1.33. The van der Waals surface area contributed by atoms with E-state index in [0.717, 1.165) is 38.4 Å². The van der Waals surface area contributed by atoms with Crippen molar-refractivity contribution in [3.05, 3.63) is 24.2 Å². The van der Waals surface area contributed by atoms with E-state index in [1.165, 1.54) is 0 Å². The van der Waals surface area contributed by atoms with Crippen molar-refractivity contribution in [3.8, 4) is 0 Å². The minimum absolute atomic E-state index is 0.0654. The Morgan fingerprint density at radius 1 is 1.29 bits per heavy atom. The molecule has 0 aliphatic carbocycles. The normalized spacial score (nSPS) is 18.4. The molecule has 21 heavy (non-hydrogen) atoms. The molecule has 0 aromatic carbocycles. The summed E-state index contributed by atoms with van der Waals surface area (Å²) >= 11 is 0. The van der Waals surface area contributed by atoms with E-state index in [1.807, 2.05) is 12.1 Å². The Morgan fingerprint density at radius 2 is 2.10 bits per heavy atom. The summed E-state index contributed by atoms with van der Waals surface area (Å²) in [7, 11) is 0. The molecule has 1 saturated heterocycles. The molecule has 1 fully saturated rings. The molecule has 5 nitrogen and oxygen atoms in total. The van der Waals surface area contributed by atoms with Crippen LogP contribution in [0.4, 0.5) is 0 Å². The van der Waals surface area contributed by atoms with E-state index in [2.05, 4.69) is 35.9 Å². The molecule has 1 aliphatic heterocycles. The molecule has 1 amide bonds. The van der Waals surface area contributed by atoms with Crippen LogP contribution in [0, 0.1) is 0 Å². The maximum Gasteiger partial charge on any atom is 0.234 e. The van der Waals surface area contributed by atoms with E-state index in [1.54, 1.807) is 6.26 Å². The summed E-state index contributed by atoms with van der Waals surface area (Å²) in [5, 5.41) is 2.91. The van der Waals surface area contributed by atoms with Crippen molar-refractivity contribution in [2.75, 3.05) is 32.7 Å². The van der Waals surface area contributed by atoms with E-state index < -0.39 is 0 Å². The Morgan fingerprint density at radius 3 is 2.76 bits per heavy atom. The van der Waals surface area contributed by atoms with Gasteiger partial charge in [0, 0.05) is 18.6 Å². The quantitative estimate of drug-likeness (QED) is 0.918. The summed E-state index contributed by atoms with van der Waals surface area (Å²) in [6.45, 7) is 11.7. The first kappa shape index (κ1) is 16.0. The van der Waals surface area contributed by atoms with E-state index in [4.69, 9.17) is 4.42 Å². The van der Waals surface area contributed by atoms with Crippen molar-refractivity contribution in [2.45, 2.75) is 39.3 Å². The first-order valence-electron chi connectivity index (χ1n) is 7.71. The minimum atomic E-state index is 0.0654. The number of hydrogen-bond acceptors (Lipinski definition) is 4. The Labute approximate surface area is 127 Å². The average Bonchev–Trinajstić information content (AvgIpc) is 2.81. The van der Waals surface area contributed by atoms with Gasteiger partial charge in [0.25, 0.3) is 0 Å². The molecule has 1 aromatic rings. The third kappa shape index (κ3) is 5.17. The highest BCUT2D eigenvalue weighted by atomic mass is 16.3. The van der Waals surface area contributed by atoms with Crippen molar-refractivity contribution >= 4 is 5.91 Å². The number of hydrogen-bond donors (Lipinski definition) is 1. The molecule has 2 rings (SSSR count). The van der Waals surface area contributed by atoms with Crippen LogP contribution < -0.4 is 5.32 Å². The average molecular weight is 293 g/mol. The van der Waals surface area contributed by atoms with Crippen LogP contribution >= 0.6 is 0 Å². The number of nitrogens with one attached hydrogen (secondary N) is 1. The smallest absolute Gasteiger partial charge is 0.234 e. The summed E-state index contributed by atoms with van der Waals surface area (Å²) in [5.41, 5.74) is 0.206. The number of carbonyl (C=O) groups is 1. The lowest BCUT2D eigenvalue weighted by Gasteiger charge is -2.34. The maximum absolute atomic E-state index is 12.0. The number of carbonyl (C=O) groups excluding carboxylic acids is 1. The van der Waals surface area contributed by atoms with Crippen LogP contribution in [-0.4, -0.2) is 54.0 Å². The van der Waals surface area contributed by atoms with E-state index >= 15 is 0 Å². The highest BCUT2D eigenvalue weighted by Gasteiger charge is 2.24. The van der Waals surface area contributed by atoms with Crippen molar-refractivity contribution in [1.29, 1.82) is 0 Å². The first-order chi connectivity index (χ1) is 9.95. The highest BCUT2D eigenvalue weighted by Crippen LogP contribution is 2.15. The van der Waals surface area contributed by atoms with Crippen LogP contribution in [0.3, 0.4) is 0 Å². The van der Waals surface area contributed by atoms with Crippen LogP contribution in [0.25, 0.3) is 0 Å². The molecule has 0 unspecified atom stereocenters. The number of nitrogens with zero attached hydrogens (tertiary/aromatic N) is 2. The van der Waals surface area contributed by atoms with Gasteiger partial charge in [-0.1, -0.05) is 0 Å². The van der Waals surface area contributed by atoms with Gasteiger partial charge in [-0.15, -0.1) is 0 Å². The van der Waals surface area contributed by atoms with Crippen molar-refractivity contribution in [2.24, 2.45) is 0 Å². The van der Waals surface area contributed by atoms with Gasteiger partial charge in [-0.2, -0.15) is 0 Å². The fourth-order valence-electron chi connectivity index (χ4n) is 2.66. The predicted octanol–water partition coefficient (Wildman–Crippen LogP) is 1.70. The van der Waals surface area contributed by atoms with E-state index in [9.17, 15) is 4.79 Å². The molecule has 1 N–H and O–H groups in total. The van der Waals surface area contributed by atoms with Crippen LogP contribution in [0.1, 0.15) is 33.0 Å². The molecule has 0 atom stereocenters. The molecule has 0 radical (unpaired) electrons. The van der Waals surface area contributed by atoms with Gasteiger partial charge in [-0.3, -0.25) is 14.6 Å². The van der Waals surface area contributed by atoms with Crippen LogP contribution in [0.2, 0.25) is 0 Å². The molecule has 0 spiro atoms. The first-order valence-corrected chi connectivity index (χ1v) is 7.71. The molecular weight excluding hydrogens is 266 g/mol. The van der Waals surface area contributed by atoms with Gasteiger partial charge in [0.05, 0.1) is 19.4 Å². The topological polar surface area (TPSA) is 48.7 Å². The summed E-state index contributed by atoms with van der Waals surface area (Å²) in [5.74, 6) is 0.855. The molecular formula is C16H27N3O2.